The van der Waals surface area contributed by atoms with E-state index in [0.29, 0.717) is 12.3 Å². The largest absolute Gasteiger partial charge is 0.494 e. The first-order valence-corrected chi connectivity index (χ1v) is 4.04. The molecule has 0 amide bonds. The molecule has 1 rings (SSSR count). The Morgan fingerprint density at radius 3 is 2.64 bits per heavy atom. The van der Waals surface area contributed by atoms with Gasteiger partial charge in [-0.3, -0.25) is 0 Å². The first kappa shape index (κ1) is 10.0. The van der Waals surface area contributed by atoms with Crippen molar-refractivity contribution in [2.75, 3.05) is 6.61 Å². The van der Waals surface area contributed by atoms with Gasteiger partial charge in [-0.1, -0.05) is 0 Å². The highest BCUT2D eigenvalue weighted by Gasteiger charge is 1.93. The Kier molecular flexibility index (Phi) is 3.97. The van der Waals surface area contributed by atoms with Crippen LogP contribution in [0.1, 0.15) is 6.92 Å². The molecule has 0 fully saturated rings. The van der Waals surface area contributed by atoms with E-state index in [4.69, 9.17) is 10.3 Å². The maximum Gasteiger partial charge on any atom is 0.119 e. The van der Waals surface area contributed by atoms with Crippen LogP contribution in [0.15, 0.2) is 39.8 Å². The van der Waals surface area contributed by atoms with Crippen molar-refractivity contribution in [1.29, 1.82) is 0 Å². The summed E-state index contributed by atoms with van der Waals surface area (Å²) in [6, 6.07) is 6.99. The zero-order valence-electron chi connectivity index (χ0n) is 7.66. The summed E-state index contributed by atoms with van der Waals surface area (Å²) in [5, 5.41) is 9.81. The van der Waals surface area contributed by atoms with Gasteiger partial charge in [0.05, 0.1) is 11.8 Å². The van der Waals surface area contributed by atoms with Crippen LogP contribution in [0.4, 0.5) is 5.69 Å². The fraction of sp³-hybridized carbons (Fsp3) is 0.250. The molecule has 0 radical (unpaired) electrons. The minimum Gasteiger partial charge on any atom is -0.494 e. The Morgan fingerprint density at radius 1 is 1.36 bits per heavy atom. The predicted molar refractivity (Wildman–Crippen MR) is 51.3 cm³/mol. The third-order valence-electron chi connectivity index (χ3n) is 1.39. The van der Waals surface area contributed by atoms with E-state index in [1.807, 2.05) is 6.92 Å². The van der Waals surface area contributed by atoms with Gasteiger partial charge in [-0.05, 0) is 36.3 Å². The van der Waals surface area contributed by atoms with Gasteiger partial charge in [0, 0.05) is 0 Å². The maximum absolute atomic E-state index is 7.94. The van der Waals surface area contributed by atoms with Crippen molar-refractivity contribution >= 4 is 5.69 Å². The molecule has 1 aromatic rings. The number of ether oxygens (including phenoxy) is 1. The second-order valence-electron chi connectivity index (χ2n) is 2.30. The Labute approximate surface area is 80.8 Å². The van der Waals surface area contributed by atoms with Gasteiger partial charge in [0.1, 0.15) is 16.7 Å². The molecule has 6 nitrogen and oxygen atoms in total. The molecule has 0 heterocycles. The Morgan fingerprint density at radius 2 is 2.07 bits per heavy atom. The van der Waals surface area contributed by atoms with Crippen molar-refractivity contribution in [3.63, 3.8) is 0 Å². The van der Waals surface area contributed by atoms with Crippen molar-refractivity contribution in [2.45, 2.75) is 6.92 Å². The van der Waals surface area contributed by atoms with Crippen molar-refractivity contribution in [1.82, 2.24) is 0 Å². The predicted octanol–water partition coefficient (Wildman–Crippen LogP) is 3.39. The molecule has 0 N–H and O–H groups in total. The lowest BCUT2D eigenvalue weighted by molar-refractivity contribution is 0.340. The van der Waals surface area contributed by atoms with E-state index in [1.165, 1.54) is 0 Å². The molecular formula is C8H9N5O. The van der Waals surface area contributed by atoms with Crippen molar-refractivity contribution < 1.29 is 4.74 Å². The molecule has 0 unspecified atom stereocenters. The van der Waals surface area contributed by atoms with E-state index in [9.17, 15) is 0 Å². The van der Waals surface area contributed by atoms with E-state index >= 15 is 0 Å². The minimum atomic E-state index is 0.612. The number of rotatable bonds is 4. The van der Waals surface area contributed by atoms with Crippen molar-refractivity contribution in [3.05, 3.63) is 34.7 Å². The molecule has 0 bridgehead atoms. The SMILES string of the molecule is CCOc1ccc(N=NN=[N+]=[N-])cc1. The molecule has 0 aliphatic rings. The Hall–Kier alpha value is -2.07. The van der Waals surface area contributed by atoms with Gasteiger partial charge in [0.2, 0.25) is 0 Å². The van der Waals surface area contributed by atoms with E-state index in [0.717, 1.165) is 5.75 Å². The van der Waals surface area contributed by atoms with Crippen LogP contribution < -0.4 is 4.74 Å². The summed E-state index contributed by atoms with van der Waals surface area (Å²) in [7, 11) is 0. The summed E-state index contributed by atoms with van der Waals surface area (Å²) in [4.78, 5) is 2.44. The molecule has 6 heteroatoms. The molecule has 0 aromatic heterocycles. The first-order valence-electron chi connectivity index (χ1n) is 4.04. The van der Waals surface area contributed by atoms with Crippen LogP contribution in [0.5, 0.6) is 5.75 Å². The second kappa shape index (κ2) is 5.55. The second-order valence-corrected chi connectivity index (χ2v) is 2.30. The number of benzene rings is 1. The van der Waals surface area contributed by atoms with Gasteiger partial charge in [-0.15, -0.1) is 5.53 Å². The monoisotopic (exact) mass is 191 g/mol. The highest BCUT2D eigenvalue weighted by Crippen LogP contribution is 2.18. The third-order valence-corrected chi connectivity index (χ3v) is 1.39. The summed E-state index contributed by atoms with van der Waals surface area (Å²) >= 11 is 0. The average molecular weight is 191 g/mol. The van der Waals surface area contributed by atoms with Crippen molar-refractivity contribution in [3.8, 4) is 5.75 Å². The standard InChI is InChI=1S/C8H9N5O/c1-2-14-8-5-3-7(4-6-8)10-12-13-11-9/h3-6H,2H2,1H3. The van der Waals surface area contributed by atoms with E-state index in [-0.39, 0.29) is 0 Å². The van der Waals surface area contributed by atoms with Crippen LogP contribution in [-0.4, -0.2) is 6.61 Å². The van der Waals surface area contributed by atoms with Crippen LogP contribution in [-0.2, 0) is 0 Å². The highest BCUT2D eigenvalue weighted by molar-refractivity contribution is 5.40. The fourth-order valence-electron chi connectivity index (χ4n) is 0.865. The fourth-order valence-corrected chi connectivity index (χ4v) is 0.865. The molecule has 72 valence electrons. The lowest BCUT2D eigenvalue weighted by atomic mass is 10.3. The molecule has 0 aliphatic carbocycles. The molecule has 0 spiro atoms. The van der Waals surface area contributed by atoms with Crippen LogP contribution in [0, 0.1) is 0 Å². The summed E-state index contributed by atoms with van der Waals surface area (Å²) in [5.41, 5.74) is 8.55. The number of hydrogen-bond donors (Lipinski definition) is 0. The molecule has 1 aromatic carbocycles. The van der Waals surface area contributed by atoms with E-state index in [2.05, 4.69) is 20.5 Å². The number of nitrogens with zero attached hydrogens (tertiary/aromatic N) is 5. The number of hydrogen-bond acceptors (Lipinski definition) is 2. The van der Waals surface area contributed by atoms with Crippen LogP contribution >= 0.6 is 0 Å². The Bertz CT molecular complexity index is 352. The van der Waals surface area contributed by atoms with Gasteiger partial charge in [0.25, 0.3) is 0 Å². The van der Waals surface area contributed by atoms with E-state index in [1.54, 1.807) is 24.3 Å². The van der Waals surface area contributed by atoms with E-state index < -0.39 is 0 Å². The molecular weight excluding hydrogens is 182 g/mol. The Balaban J connectivity index is 2.68. The topological polar surface area (TPSA) is 82.7 Å². The normalized spacial score (nSPS) is 9.79. The molecule has 0 saturated heterocycles. The lowest BCUT2D eigenvalue weighted by Gasteiger charge is -2.00. The first-order chi connectivity index (χ1) is 6.86. The van der Waals surface area contributed by atoms with Gasteiger partial charge in [-0.2, -0.15) is 4.91 Å². The quantitative estimate of drug-likeness (QED) is 0.310. The van der Waals surface area contributed by atoms with Crippen molar-refractivity contribution in [2.24, 2.45) is 15.6 Å². The number of azide groups is 1. The molecule has 0 aliphatic heterocycles. The third kappa shape index (κ3) is 3.12. The molecule has 14 heavy (non-hydrogen) atoms. The molecule has 0 saturated carbocycles. The smallest absolute Gasteiger partial charge is 0.119 e. The average Bonchev–Trinajstić information content (AvgIpc) is 2.21. The maximum atomic E-state index is 7.94. The van der Waals surface area contributed by atoms with Crippen LogP contribution in [0.25, 0.3) is 10.4 Å². The summed E-state index contributed by atoms with van der Waals surface area (Å²) in [6.45, 7) is 2.54. The van der Waals surface area contributed by atoms with Crippen LogP contribution in [0.3, 0.4) is 0 Å². The van der Waals surface area contributed by atoms with Crippen LogP contribution in [0.2, 0.25) is 0 Å². The summed E-state index contributed by atoms with van der Waals surface area (Å²) in [5.74, 6) is 0.773. The zero-order chi connectivity index (χ0) is 10.2. The van der Waals surface area contributed by atoms with Gasteiger partial charge in [0.15, 0.2) is 0 Å². The minimum absolute atomic E-state index is 0.612. The summed E-state index contributed by atoms with van der Waals surface area (Å²) < 4.78 is 5.23. The molecule has 0 atom stereocenters. The van der Waals surface area contributed by atoms with Gasteiger partial charge in [-0.25, -0.2) is 0 Å². The lowest BCUT2D eigenvalue weighted by Crippen LogP contribution is -1.89. The van der Waals surface area contributed by atoms with Gasteiger partial charge >= 0.3 is 0 Å². The summed E-state index contributed by atoms with van der Waals surface area (Å²) in [6.07, 6.45) is 0. The van der Waals surface area contributed by atoms with Gasteiger partial charge < -0.3 is 4.74 Å². The zero-order valence-corrected chi connectivity index (χ0v) is 7.66. The highest BCUT2D eigenvalue weighted by atomic mass is 16.5.